The lowest BCUT2D eigenvalue weighted by Crippen LogP contribution is -2.13. The monoisotopic (exact) mass is 216 g/mol. The topological polar surface area (TPSA) is 73.8 Å². The molecule has 0 aliphatic heterocycles. The van der Waals surface area contributed by atoms with Gasteiger partial charge in [0.15, 0.2) is 0 Å². The van der Waals surface area contributed by atoms with Crippen LogP contribution in [0.4, 0.5) is 0 Å². The lowest BCUT2D eigenvalue weighted by Gasteiger charge is -2.02. The van der Waals surface area contributed by atoms with E-state index in [2.05, 4.69) is 10.1 Å². The van der Waals surface area contributed by atoms with E-state index in [1.165, 1.54) is 6.33 Å². The number of aromatic nitrogens is 3. The third kappa shape index (κ3) is 2.66. The second-order valence-electron chi connectivity index (χ2n) is 3.55. The lowest BCUT2D eigenvalue weighted by atomic mass is 10.1. The molecule has 82 valence electrons. The van der Waals surface area contributed by atoms with Crippen LogP contribution in [-0.2, 0) is 17.8 Å². The van der Waals surface area contributed by atoms with E-state index in [-0.39, 0.29) is 12.3 Å². The Morgan fingerprint density at radius 3 is 2.50 bits per heavy atom. The minimum Gasteiger partial charge on any atom is -0.369 e. The molecule has 0 saturated carbocycles. The summed E-state index contributed by atoms with van der Waals surface area (Å²) < 4.78 is 1.74. The van der Waals surface area contributed by atoms with Crippen LogP contribution in [0.2, 0.25) is 0 Å². The van der Waals surface area contributed by atoms with Crippen molar-refractivity contribution in [3.05, 3.63) is 48.0 Å². The molecular formula is C11H12N4O. The van der Waals surface area contributed by atoms with Crippen molar-refractivity contribution in [1.82, 2.24) is 14.8 Å². The van der Waals surface area contributed by atoms with E-state index in [1.807, 2.05) is 24.3 Å². The van der Waals surface area contributed by atoms with E-state index in [1.54, 1.807) is 11.0 Å². The molecule has 0 radical (unpaired) electrons. The summed E-state index contributed by atoms with van der Waals surface area (Å²) in [6.07, 6.45) is 3.45. The number of hydrogen-bond acceptors (Lipinski definition) is 3. The van der Waals surface area contributed by atoms with Crippen LogP contribution < -0.4 is 5.73 Å². The van der Waals surface area contributed by atoms with Crippen molar-refractivity contribution in [3.63, 3.8) is 0 Å². The first-order valence-electron chi connectivity index (χ1n) is 4.92. The zero-order valence-electron chi connectivity index (χ0n) is 8.71. The van der Waals surface area contributed by atoms with Gasteiger partial charge in [-0.25, -0.2) is 9.67 Å². The second kappa shape index (κ2) is 4.57. The van der Waals surface area contributed by atoms with Crippen LogP contribution in [0.25, 0.3) is 0 Å². The minimum atomic E-state index is -0.316. The van der Waals surface area contributed by atoms with Crippen molar-refractivity contribution >= 4 is 5.91 Å². The summed E-state index contributed by atoms with van der Waals surface area (Å²) in [7, 11) is 0. The summed E-state index contributed by atoms with van der Waals surface area (Å²) in [5, 5.41) is 4.01. The first-order chi connectivity index (χ1) is 7.74. The van der Waals surface area contributed by atoms with Crippen LogP contribution in [0.3, 0.4) is 0 Å². The number of benzene rings is 1. The molecule has 0 unspecified atom stereocenters. The van der Waals surface area contributed by atoms with Gasteiger partial charge in [0.2, 0.25) is 5.91 Å². The molecule has 1 aromatic carbocycles. The molecule has 0 aliphatic carbocycles. The average Bonchev–Trinajstić information content (AvgIpc) is 2.73. The minimum absolute atomic E-state index is 0.281. The van der Waals surface area contributed by atoms with Gasteiger partial charge in [0.1, 0.15) is 12.7 Å². The molecule has 2 aromatic rings. The molecule has 0 bridgehead atoms. The van der Waals surface area contributed by atoms with E-state index in [0.29, 0.717) is 6.54 Å². The number of carbonyl (C=O) groups is 1. The van der Waals surface area contributed by atoms with Crippen LogP contribution in [-0.4, -0.2) is 20.7 Å². The SMILES string of the molecule is NC(=O)Cc1ccc(Cn2cncn2)cc1. The molecule has 0 atom stereocenters. The van der Waals surface area contributed by atoms with Gasteiger partial charge < -0.3 is 5.73 Å². The van der Waals surface area contributed by atoms with Gasteiger partial charge >= 0.3 is 0 Å². The van der Waals surface area contributed by atoms with E-state index < -0.39 is 0 Å². The van der Waals surface area contributed by atoms with Crippen molar-refractivity contribution < 1.29 is 4.79 Å². The predicted molar refractivity (Wildman–Crippen MR) is 58.5 cm³/mol. The molecule has 1 heterocycles. The summed E-state index contributed by atoms with van der Waals surface area (Å²) >= 11 is 0. The van der Waals surface area contributed by atoms with Crippen LogP contribution in [0.1, 0.15) is 11.1 Å². The van der Waals surface area contributed by atoms with Gasteiger partial charge in [0.05, 0.1) is 13.0 Å². The Kier molecular flexibility index (Phi) is 2.95. The second-order valence-corrected chi connectivity index (χ2v) is 3.55. The molecule has 0 spiro atoms. The van der Waals surface area contributed by atoms with Gasteiger partial charge in [0, 0.05) is 0 Å². The number of primary amides is 1. The zero-order chi connectivity index (χ0) is 11.4. The number of carbonyl (C=O) groups excluding carboxylic acids is 1. The zero-order valence-corrected chi connectivity index (χ0v) is 8.71. The Morgan fingerprint density at radius 2 is 1.94 bits per heavy atom. The first-order valence-corrected chi connectivity index (χ1v) is 4.92. The third-order valence-corrected chi connectivity index (χ3v) is 2.21. The van der Waals surface area contributed by atoms with Crippen LogP contribution >= 0.6 is 0 Å². The number of amides is 1. The molecule has 2 rings (SSSR count). The molecular weight excluding hydrogens is 204 g/mol. The van der Waals surface area contributed by atoms with Crippen molar-refractivity contribution in [2.75, 3.05) is 0 Å². The standard InChI is InChI=1S/C11H12N4O/c12-11(16)5-9-1-3-10(4-2-9)6-15-8-13-7-14-15/h1-4,7-8H,5-6H2,(H2,12,16). The van der Waals surface area contributed by atoms with Crippen molar-refractivity contribution in [2.24, 2.45) is 5.73 Å². The van der Waals surface area contributed by atoms with Crippen LogP contribution in [0, 0.1) is 0 Å². The molecule has 0 fully saturated rings. The number of rotatable bonds is 4. The van der Waals surface area contributed by atoms with Gasteiger partial charge in [0.25, 0.3) is 0 Å². The van der Waals surface area contributed by atoms with Crippen molar-refractivity contribution in [3.8, 4) is 0 Å². The third-order valence-electron chi connectivity index (χ3n) is 2.21. The van der Waals surface area contributed by atoms with Crippen LogP contribution in [0.15, 0.2) is 36.9 Å². The highest BCUT2D eigenvalue weighted by Gasteiger charge is 1.99. The molecule has 2 N–H and O–H groups in total. The summed E-state index contributed by atoms with van der Waals surface area (Å²) in [5.74, 6) is -0.316. The Bertz CT molecular complexity index is 461. The van der Waals surface area contributed by atoms with E-state index in [9.17, 15) is 4.79 Å². The smallest absolute Gasteiger partial charge is 0.221 e. The maximum atomic E-state index is 10.7. The van der Waals surface area contributed by atoms with Gasteiger partial charge in [-0.15, -0.1) is 0 Å². The normalized spacial score (nSPS) is 10.2. The molecule has 1 amide bonds. The van der Waals surface area contributed by atoms with Gasteiger partial charge in [-0.05, 0) is 11.1 Å². The quantitative estimate of drug-likeness (QED) is 0.801. The largest absolute Gasteiger partial charge is 0.369 e. The summed E-state index contributed by atoms with van der Waals surface area (Å²) in [5.41, 5.74) is 7.15. The Balaban J connectivity index is 2.05. The summed E-state index contributed by atoms with van der Waals surface area (Å²) in [4.78, 5) is 14.6. The van der Waals surface area contributed by atoms with Crippen molar-refractivity contribution in [1.29, 1.82) is 0 Å². The molecule has 0 saturated heterocycles. The maximum absolute atomic E-state index is 10.7. The molecule has 1 aromatic heterocycles. The Labute approximate surface area is 92.9 Å². The van der Waals surface area contributed by atoms with Crippen LogP contribution in [0.5, 0.6) is 0 Å². The van der Waals surface area contributed by atoms with Crippen molar-refractivity contribution in [2.45, 2.75) is 13.0 Å². The lowest BCUT2D eigenvalue weighted by molar-refractivity contribution is -0.117. The fraction of sp³-hybridized carbons (Fsp3) is 0.182. The predicted octanol–water partition coefficient (Wildman–Crippen LogP) is 0.354. The van der Waals surface area contributed by atoms with E-state index in [4.69, 9.17) is 5.73 Å². The summed E-state index contributed by atoms with van der Waals surface area (Å²) in [6, 6.07) is 7.72. The van der Waals surface area contributed by atoms with Gasteiger partial charge in [-0.1, -0.05) is 24.3 Å². The van der Waals surface area contributed by atoms with E-state index in [0.717, 1.165) is 11.1 Å². The average molecular weight is 216 g/mol. The number of hydrogen-bond donors (Lipinski definition) is 1. The highest BCUT2D eigenvalue weighted by molar-refractivity contribution is 5.76. The number of nitrogens with two attached hydrogens (primary N) is 1. The Morgan fingerprint density at radius 1 is 1.25 bits per heavy atom. The fourth-order valence-electron chi connectivity index (χ4n) is 1.47. The number of nitrogens with zero attached hydrogens (tertiary/aromatic N) is 3. The maximum Gasteiger partial charge on any atom is 0.221 e. The van der Waals surface area contributed by atoms with Gasteiger partial charge in [-0.2, -0.15) is 5.10 Å². The highest BCUT2D eigenvalue weighted by atomic mass is 16.1. The summed E-state index contributed by atoms with van der Waals surface area (Å²) in [6.45, 7) is 0.677. The Hall–Kier alpha value is -2.17. The molecule has 16 heavy (non-hydrogen) atoms. The highest BCUT2D eigenvalue weighted by Crippen LogP contribution is 2.06. The van der Waals surface area contributed by atoms with Gasteiger partial charge in [-0.3, -0.25) is 4.79 Å². The molecule has 5 heteroatoms. The fourth-order valence-corrected chi connectivity index (χ4v) is 1.47. The van der Waals surface area contributed by atoms with E-state index >= 15 is 0 Å². The molecule has 0 aliphatic rings. The first kappa shape index (κ1) is 10.4. The molecule has 5 nitrogen and oxygen atoms in total.